The molecule has 0 radical (unpaired) electrons. The molecule has 0 atom stereocenters. The SMILES string of the molecule is CC1(C)CCCN1c1ccc(S(N)(=O)=O)cc1C(=O)O. The Balaban J connectivity index is 2.57. The van der Waals surface area contributed by atoms with Gasteiger partial charge in [-0.15, -0.1) is 0 Å². The summed E-state index contributed by atoms with van der Waals surface area (Å²) in [5, 5.41) is 14.4. The fourth-order valence-corrected chi connectivity index (χ4v) is 3.19. The van der Waals surface area contributed by atoms with Crippen LogP contribution < -0.4 is 10.0 Å². The monoisotopic (exact) mass is 298 g/mol. The van der Waals surface area contributed by atoms with E-state index in [2.05, 4.69) is 0 Å². The highest BCUT2D eigenvalue weighted by atomic mass is 32.2. The fourth-order valence-electron chi connectivity index (χ4n) is 2.65. The van der Waals surface area contributed by atoms with E-state index in [1.54, 1.807) is 0 Å². The molecule has 1 heterocycles. The highest BCUT2D eigenvalue weighted by molar-refractivity contribution is 7.89. The molecule has 1 aliphatic heterocycles. The Kier molecular flexibility index (Phi) is 3.51. The molecule has 2 rings (SSSR count). The van der Waals surface area contributed by atoms with E-state index >= 15 is 0 Å². The summed E-state index contributed by atoms with van der Waals surface area (Å²) in [5.41, 5.74) is 0.353. The van der Waals surface area contributed by atoms with Crippen molar-refractivity contribution in [2.45, 2.75) is 37.1 Å². The number of primary sulfonamides is 1. The van der Waals surface area contributed by atoms with Gasteiger partial charge in [0.25, 0.3) is 0 Å². The molecule has 0 aromatic heterocycles. The lowest BCUT2D eigenvalue weighted by Gasteiger charge is -2.34. The van der Waals surface area contributed by atoms with Gasteiger partial charge in [0.15, 0.2) is 0 Å². The maximum absolute atomic E-state index is 11.4. The number of carbonyl (C=O) groups is 1. The fraction of sp³-hybridized carbons (Fsp3) is 0.462. The minimum Gasteiger partial charge on any atom is -0.478 e. The summed E-state index contributed by atoms with van der Waals surface area (Å²) in [6.45, 7) is 4.83. The van der Waals surface area contributed by atoms with Crippen LogP contribution in [-0.2, 0) is 10.0 Å². The molecule has 1 aromatic carbocycles. The van der Waals surface area contributed by atoms with Gasteiger partial charge in [-0.25, -0.2) is 18.4 Å². The maximum Gasteiger partial charge on any atom is 0.337 e. The first-order valence-electron chi connectivity index (χ1n) is 6.31. The number of anilines is 1. The summed E-state index contributed by atoms with van der Waals surface area (Å²) in [7, 11) is -3.91. The van der Waals surface area contributed by atoms with Gasteiger partial charge in [0, 0.05) is 12.1 Å². The predicted octanol–water partition coefficient (Wildman–Crippen LogP) is 1.41. The van der Waals surface area contributed by atoms with E-state index in [0.29, 0.717) is 5.69 Å². The van der Waals surface area contributed by atoms with E-state index in [0.717, 1.165) is 25.5 Å². The average molecular weight is 298 g/mol. The Hall–Kier alpha value is -1.60. The Labute approximate surface area is 118 Å². The zero-order chi connectivity index (χ0) is 15.1. The van der Waals surface area contributed by atoms with Gasteiger partial charge in [-0.3, -0.25) is 0 Å². The smallest absolute Gasteiger partial charge is 0.337 e. The summed E-state index contributed by atoms with van der Waals surface area (Å²) in [6, 6.07) is 4.00. The van der Waals surface area contributed by atoms with Crippen LogP contribution in [0.25, 0.3) is 0 Å². The molecule has 0 spiro atoms. The number of nitrogens with two attached hydrogens (primary N) is 1. The molecule has 6 nitrogen and oxygen atoms in total. The van der Waals surface area contributed by atoms with Gasteiger partial charge >= 0.3 is 5.97 Å². The molecule has 1 aliphatic rings. The van der Waals surface area contributed by atoms with Crippen LogP contribution in [0.1, 0.15) is 37.0 Å². The van der Waals surface area contributed by atoms with E-state index in [9.17, 15) is 18.3 Å². The second kappa shape index (κ2) is 4.75. The largest absolute Gasteiger partial charge is 0.478 e. The molecule has 0 unspecified atom stereocenters. The third-order valence-corrected chi connectivity index (χ3v) is 4.63. The molecule has 0 aliphatic carbocycles. The Morgan fingerprint density at radius 1 is 1.40 bits per heavy atom. The van der Waals surface area contributed by atoms with Crippen LogP contribution in [0.3, 0.4) is 0 Å². The van der Waals surface area contributed by atoms with E-state index in [1.165, 1.54) is 12.1 Å². The number of benzene rings is 1. The molecule has 20 heavy (non-hydrogen) atoms. The number of hydrogen-bond donors (Lipinski definition) is 2. The summed E-state index contributed by atoms with van der Waals surface area (Å²) in [4.78, 5) is 13.2. The number of rotatable bonds is 3. The molecule has 3 N–H and O–H groups in total. The van der Waals surface area contributed by atoms with Crippen molar-refractivity contribution in [1.82, 2.24) is 0 Å². The van der Waals surface area contributed by atoms with Gasteiger partial charge in [0.05, 0.1) is 16.1 Å². The molecule has 1 fully saturated rings. The van der Waals surface area contributed by atoms with Gasteiger partial charge in [0.2, 0.25) is 10.0 Å². The normalized spacial score (nSPS) is 18.2. The zero-order valence-corrected chi connectivity index (χ0v) is 12.3. The van der Waals surface area contributed by atoms with Gasteiger partial charge in [-0.2, -0.15) is 0 Å². The van der Waals surface area contributed by atoms with E-state index in [4.69, 9.17) is 5.14 Å². The lowest BCUT2D eigenvalue weighted by Crippen LogP contribution is -2.39. The first-order valence-corrected chi connectivity index (χ1v) is 7.85. The first-order chi connectivity index (χ1) is 9.13. The molecule has 0 amide bonds. The highest BCUT2D eigenvalue weighted by Crippen LogP contribution is 2.36. The summed E-state index contributed by atoms with van der Waals surface area (Å²) in [6.07, 6.45) is 1.94. The Morgan fingerprint density at radius 2 is 2.05 bits per heavy atom. The van der Waals surface area contributed by atoms with Gasteiger partial charge in [0.1, 0.15) is 0 Å². The lowest BCUT2D eigenvalue weighted by molar-refractivity contribution is 0.0697. The molecule has 0 saturated carbocycles. The molecule has 1 saturated heterocycles. The van der Waals surface area contributed by atoms with Crippen molar-refractivity contribution in [3.8, 4) is 0 Å². The lowest BCUT2D eigenvalue weighted by atomic mass is 10.0. The van der Waals surface area contributed by atoms with E-state index < -0.39 is 16.0 Å². The quantitative estimate of drug-likeness (QED) is 0.878. The number of hydrogen-bond acceptors (Lipinski definition) is 4. The standard InChI is InChI=1S/C13H18N2O4S/c1-13(2)6-3-7-15(13)11-5-4-9(20(14,18)19)8-10(11)12(16)17/h4-5,8H,3,6-7H2,1-2H3,(H,16,17)(H2,14,18,19). The average Bonchev–Trinajstić information content (AvgIpc) is 2.66. The van der Waals surface area contributed by atoms with Crippen LogP contribution in [0, 0.1) is 0 Å². The summed E-state index contributed by atoms with van der Waals surface area (Å²) in [5.74, 6) is -1.16. The third kappa shape index (κ3) is 2.64. The number of aromatic carboxylic acids is 1. The van der Waals surface area contributed by atoms with Gasteiger partial charge in [-0.1, -0.05) is 0 Å². The second-order valence-corrected chi connectivity index (χ2v) is 7.16. The second-order valence-electron chi connectivity index (χ2n) is 5.60. The minimum absolute atomic E-state index is 0.0356. The summed E-state index contributed by atoms with van der Waals surface area (Å²) >= 11 is 0. The molecule has 1 aromatic rings. The van der Waals surface area contributed by atoms with E-state index in [-0.39, 0.29) is 16.0 Å². The Morgan fingerprint density at radius 3 is 2.50 bits per heavy atom. The summed E-state index contributed by atoms with van der Waals surface area (Å²) < 4.78 is 22.7. The molecule has 7 heteroatoms. The molecule has 110 valence electrons. The van der Waals surface area contributed by atoms with Crippen molar-refractivity contribution in [1.29, 1.82) is 0 Å². The van der Waals surface area contributed by atoms with Crippen LogP contribution in [0.4, 0.5) is 5.69 Å². The molecule has 0 bridgehead atoms. The van der Waals surface area contributed by atoms with Crippen LogP contribution in [0.5, 0.6) is 0 Å². The van der Waals surface area contributed by atoms with E-state index in [1.807, 2.05) is 18.7 Å². The number of carboxylic acid groups (broad SMARTS) is 1. The predicted molar refractivity (Wildman–Crippen MR) is 75.4 cm³/mol. The van der Waals surface area contributed by atoms with Crippen LogP contribution in [0.15, 0.2) is 23.1 Å². The third-order valence-electron chi connectivity index (χ3n) is 3.72. The van der Waals surface area contributed by atoms with Crippen molar-refractivity contribution in [3.05, 3.63) is 23.8 Å². The van der Waals surface area contributed by atoms with Gasteiger partial charge < -0.3 is 10.0 Å². The number of nitrogens with zero attached hydrogens (tertiary/aromatic N) is 1. The first kappa shape index (κ1) is 14.8. The topological polar surface area (TPSA) is 101 Å². The van der Waals surface area contributed by atoms with Crippen molar-refractivity contribution < 1.29 is 18.3 Å². The van der Waals surface area contributed by atoms with Crippen LogP contribution in [0.2, 0.25) is 0 Å². The van der Waals surface area contributed by atoms with Crippen molar-refractivity contribution in [2.24, 2.45) is 5.14 Å². The van der Waals surface area contributed by atoms with Crippen molar-refractivity contribution in [3.63, 3.8) is 0 Å². The number of carboxylic acids is 1. The van der Waals surface area contributed by atoms with Crippen molar-refractivity contribution in [2.75, 3.05) is 11.4 Å². The van der Waals surface area contributed by atoms with Gasteiger partial charge in [-0.05, 0) is 44.9 Å². The molecular weight excluding hydrogens is 280 g/mol. The minimum atomic E-state index is -3.91. The Bertz CT molecular complexity index is 652. The maximum atomic E-state index is 11.4. The van der Waals surface area contributed by atoms with Crippen LogP contribution in [-0.4, -0.2) is 31.6 Å². The van der Waals surface area contributed by atoms with Crippen LogP contribution >= 0.6 is 0 Å². The number of sulfonamides is 1. The molecular formula is C13H18N2O4S. The van der Waals surface area contributed by atoms with Crippen molar-refractivity contribution >= 4 is 21.7 Å². The highest BCUT2D eigenvalue weighted by Gasteiger charge is 2.34. The zero-order valence-electron chi connectivity index (χ0n) is 11.5.